The topological polar surface area (TPSA) is 97.1 Å². The number of aromatic nitrogens is 1. The van der Waals surface area contributed by atoms with E-state index in [4.69, 9.17) is 5.73 Å². The van der Waals surface area contributed by atoms with Crippen LogP contribution in [0.3, 0.4) is 0 Å². The van der Waals surface area contributed by atoms with Gasteiger partial charge in [-0.2, -0.15) is 0 Å². The summed E-state index contributed by atoms with van der Waals surface area (Å²) in [4.78, 5) is 26.5. The molecule has 1 aliphatic carbocycles. The largest absolute Gasteiger partial charge is 0.365 e. The summed E-state index contributed by atoms with van der Waals surface area (Å²) in [7, 11) is 0. The highest BCUT2D eigenvalue weighted by atomic mass is 16.2. The Morgan fingerprint density at radius 1 is 1.47 bits per heavy atom. The lowest BCUT2D eigenvalue weighted by Crippen LogP contribution is -2.32. The van der Waals surface area contributed by atoms with E-state index in [1.165, 1.54) is 6.20 Å². The van der Waals surface area contributed by atoms with E-state index < -0.39 is 5.91 Å². The summed E-state index contributed by atoms with van der Waals surface area (Å²) >= 11 is 0. The van der Waals surface area contributed by atoms with Gasteiger partial charge in [0.1, 0.15) is 5.82 Å². The van der Waals surface area contributed by atoms with Crippen molar-refractivity contribution in [2.75, 3.05) is 11.9 Å². The number of primary amides is 1. The van der Waals surface area contributed by atoms with Gasteiger partial charge >= 0.3 is 0 Å². The third-order valence-electron chi connectivity index (χ3n) is 2.43. The van der Waals surface area contributed by atoms with Crippen molar-refractivity contribution in [2.24, 2.45) is 5.73 Å². The lowest BCUT2D eigenvalue weighted by atomic mass is 10.2. The van der Waals surface area contributed by atoms with Gasteiger partial charge in [-0.1, -0.05) is 0 Å². The summed E-state index contributed by atoms with van der Waals surface area (Å²) in [6.45, 7) is 0.0911. The molecule has 0 spiro atoms. The van der Waals surface area contributed by atoms with Gasteiger partial charge in [-0.15, -0.1) is 0 Å². The molecule has 1 aromatic rings. The van der Waals surface area contributed by atoms with Crippen LogP contribution in [0.5, 0.6) is 0 Å². The Hall–Kier alpha value is -2.11. The molecule has 0 aromatic carbocycles. The van der Waals surface area contributed by atoms with Crippen LogP contribution in [0.15, 0.2) is 18.3 Å². The summed E-state index contributed by atoms with van der Waals surface area (Å²) in [5.41, 5.74) is 5.48. The maximum Gasteiger partial charge on any atom is 0.252 e. The van der Waals surface area contributed by atoms with Crippen LogP contribution < -0.4 is 16.4 Å². The van der Waals surface area contributed by atoms with Crippen molar-refractivity contribution in [3.05, 3.63) is 23.9 Å². The second kappa shape index (κ2) is 4.82. The van der Waals surface area contributed by atoms with E-state index in [1.807, 2.05) is 0 Å². The summed E-state index contributed by atoms with van der Waals surface area (Å²) in [6.07, 6.45) is 3.62. The van der Waals surface area contributed by atoms with E-state index in [-0.39, 0.29) is 18.0 Å². The molecular weight excluding hydrogens is 220 g/mol. The zero-order chi connectivity index (χ0) is 12.3. The first-order chi connectivity index (χ1) is 8.16. The van der Waals surface area contributed by atoms with Crippen LogP contribution in [0.25, 0.3) is 0 Å². The fourth-order valence-electron chi connectivity index (χ4n) is 1.42. The highest BCUT2D eigenvalue weighted by Crippen LogP contribution is 2.18. The standard InChI is InChI=1S/C11H14N4O2/c12-10(17)8-2-1-5-13-11(8)14-6-9(16)15-7-3-4-7/h1-2,5,7H,3-4,6H2,(H2,12,17)(H,13,14)(H,15,16). The Morgan fingerprint density at radius 3 is 2.88 bits per heavy atom. The van der Waals surface area contributed by atoms with E-state index >= 15 is 0 Å². The van der Waals surface area contributed by atoms with Crippen LogP contribution in [-0.2, 0) is 4.79 Å². The number of pyridine rings is 1. The minimum absolute atomic E-state index is 0.0911. The van der Waals surface area contributed by atoms with Crippen molar-refractivity contribution >= 4 is 17.6 Å². The second-order valence-electron chi connectivity index (χ2n) is 3.96. The zero-order valence-electron chi connectivity index (χ0n) is 9.27. The molecule has 0 bridgehead atoms. The molecule has 1 heterocycles. The number of nitrogens with one attached hydrogen (secondary N) is 2. The van der Waals surface area contributed by atoms with E-state index in [0.717, 1.165) is 12.8 Å². The van der Waals surface area contributed by atoms with Crippen molar-refractivity contribution in [2.45, 2.75) is 18.9 Å². The zero-order valence-corrected chi connectivity index (χ0v) is 9.27. The first-order valence-corrected chi connectivity index (χ1v) is 5.45. The third kappa shape index (κ3) is 3.17. The molecule has 0 atom stereocenters. The fraction of sp³-hybridized carbons (Fsp3) is 0.364. The molecule has 1 aliphatic rings. The molecule has 17 heavy (non-hydrogen) atoms. The quantitative estimate of drug-likeness (QED) is 0.661. The Balaban J connectivity index is 1.93. The molecule has 0 saturated heterocycles. The van der Waals surface area contributed by atoms with Gasteiger partial charge in [-0.05, 0) is 25.0 Å². The average Bonchev–Trinajstić information content (AvgIpc) is 3.10. The Morgan fingerprint density at radius 2 is 2.24 bits per heavy atom. The van der Waals surface area contributed by atoms with Crippen molar-refractivity contribution in [3.63, 3.8) is 0 Å². The van der Waals surface area contributed by atoms with E-state index in [1.54, 1.807) is 12.1 Å². The van der Waals surface area contributed by atoms with E-state index in [0.29, 0.717) is 11.9 Å². The lowest BCUT2D eigenvalue weighted by Gasteiger charge is -2.08. The second-order valence-corrected chi connectivity index (χ2v) is 3.96. The molecule has 1 aromatic heterocycles. The van der Waals surface area contributed by atoms with E-state index in [9.17, 15) is 9.59 Å². The van der Waals surface area contributed by atoms with Crippen LogP contribution in [0.1, 0.15) is 23.2 Å². The smallest absolute Gasteiger partial charge is 0.252 e. The molecule has 0 aliphatic heterocycles. The predicted molar refractivity (Wildman–Crippen MR) is 62.4 cm³/mol. The molecule has 2 amide bonds. The number of anilines is 1. The molecule has 6 heteroatoms. The van der Waals surface area contributed by atoms with Crippen LogP contribution in [0, 0.1) is 0 Å². The summed E-state index contributed by atoms with van der Waals surface area (Å²) in [5, 5.41) is 5.63. The monoisotopic (exact) mass is 234 g/mol. The first-order valence-electron chi connectivity index (χ1n) is 5.45. The normalized spacial score (nSPS) is 14.1. The SMILES string of the molecule is NC(=O)c1cccnc1NCC(=O)NC1CC1. The van der Waals surface area contributed by atoms with Crippen LogP contribution in [-0.4, -0.2) is 29.4 Å². The summed E-state index contributed by atoms with van der Waals surface area (Å²) in [5.74, 6) is -0.331. The molecule has 0 radical (unpaired) electrons. The lowest BCUT2D eigenvalue weighted by molar-refractivity contribution is -0.119. The van der Waals surface area contributed by atoms with Gasteiger partial charge in [-0.3, -0.25) is 9.59 Å². The van der Waals surface area contributed by atoms with Gasteiger partial charge in [0.15, 0.2) is 0 Å². The molecular formula is C11H14N4O2. The summed E-state index contributed by atoms with van der Waals surface area (Å²) < 4.78 is 0. The number of nitrogens with zero attached hydrogens (tertiary/aromatic N) is 1. The molecule has 6 nitrogen and oxygen atoms in total. The summed E-state index contributed by atoms with van der Waals surface area (Å²) in [6, 6.07) is 3.51. The van der Waals surface area contributed by atoms with Crippen LogP contribution in [0.4, 0.5) is 5.82 Å². The van der Waals surface area contributed by atoms with Crippen LogP contribution >= 0.6 is 0 Å². The van der Waals surface area contributed by atoms with Crippen molar-refractivity contribution in [1.29, 1.82) is 0 Å². The minimum Gasteiger partial charge on any atom is -0.365 e. The molecule has 1 saturated carbocycles. The number of hydrogen-bond acceptors (Lipinski definition) is 4. The average molecular weight is 234 g/mol. The van der Waals surface area contributed by atoms with E-state index in [2.05, 4.69) is 15.6 Å². The van der Waals surface area contributed by atoms with Gasteiger partial charge in [-0.25, -0.2) is 4.98 Å². The number of amides is 2. The molecule has 0 unspecified atom stereocenters. The first kappa shape index (κ1) is 11.4. The Labute approximate surface area is 98.6 Å². The number of hydrogen-bond donors (Lipinski definition) is 3. The van der Waals surface area contributed by atoms with Gasteiger partial charge in [0, 0.05) is 12.2 Å². The Bertz CT molecular complexity index is 443. The molecule has 90 valence electrons. The van der Waals surface area contributed by atoms with Crippen molar-refractivity contribution < 1.29 is 9.59 Å². The maximum atomic E-state index is 11.4. The number of nitrogens with two attached hydrogens (primary N) is 1. The van der Waals surface area contributed by atoms with Gasteiger partial charge in [0.25, 0.3) is 5.91 Å². The van der Waals surface area contributed by atoms with Gasteiger partial charge in [0.2, 0.25) is 5.91 Å². The van der Waals surface area contributed by atoms with Gasteiger partial charge < -0.3 is 16.4 Å². The van der Waals surface area contributed by atoms with Gasteiger partial charge in [0.05, 0.1) is 12.1 Å². The number of carbonyl (C=O) groups excluding carboxylic acids is 2. The molecule has 1 fully saturated rings. The van der Waals surface area contributed by atoms with Crippen LogP contribution in [0.2, 0.25) is 0 Å². The predicted octanol–water partition coefficient (Wildman–Crippen LogP) is -0.129. The van der Waals surface area contributed by atoms with Crippen molar-refractivity contribution in [1.82, 2.24) is 10.3 Å². The fourth-order valence-corrected chi connectivity index (χ4v) is 1.42. The number of carbonyl (C=O) groups is 2. The molecule has 2 rings (SSSR count). The minimum atomic E-state index is -0.566. The number of rotatable bonds is 5. The highest BCUT2D eigenvalue weighted by Gasteiger charge is 2.23. The Kier molecular flexibility index (Phi) is 3.22. The third-order valence-corrected chi connectivity index (χ3v) is 2.43. The highest BCUT2D eigenvalue weighted by molar-refractivity contribution is 5.98. The molecule has 4 N–H and O–H groups in total. The maximum absolute atomic E-state index is 11.4. The van der Waals surface area contributed by atoms with Crippen molar-refractivity contribution in [3.8, 4) is 0 Å².